The molecule has 1 N–H and O–H groups in total. The molecule has 0 amide bonds. The van der Waals surface area contributed by atoms with Gasteiger partial charge in [0.1, 0.15) is 11.5 Å². The first-order valence-corrected chi connectivity index (χ1v) is 8.40. The summed E-state index contributed by atoms with van der Waals surface area (Å²) in [6, 6.07) is 0. The molecule has 0 saturated carbocycles. The minimum atomic E-state index is -0.232. The molecule has 6 heteroatoms. The average Bonchev–Trinajstić information content (AvgIpc) is 2.53. The molecule has 0 aromatic carbocycles. The number of aromatic nitrogens is 2. The van der Waals surface area contributed by atoms with E-state index in [0.717, 1.165) is 25.7 Å². The van der Waals surface area contributed by atoms with Crippen molar-refractivity contribution >= 4 is 11.5 Å². The lowest BCUT2D eigenvalue weighted by Gasteiger charge is -2.24. The van der Waals surface area contributed by atoms with Gasteiger partial charge in [0.15, 0.2) is 0 Å². The fourth-order valence-electron chi connectivity index (χ4n) is 2.60. The van der Waals surface area contributed by atoms with Crippen LogP contribution in [-0.2, 0) is 13.1 Å². The third-order valence-corrected chi connectivity index (χ3v) is 3.90. The van der Waals surface area contributed by atoms with Crippen LogP contribution in [-0.4, -0.2) is 29.8 Å². The molecule has 0 aliphatic rings. The fraction of sp³-hybridized carbons (Fsp3) is 0.647. The van der Waals surface area contributed by atoms with E-state index in [1.54, 1.807) is 17.7 Å². The number of rotatable bonds is 10. The van der Waals surface area contributed by atoms with Crippen LogP contribution in [0.2, 0.25) is 0 Å². The van der Waals surface area contributed by atoms with Gasteiger partial charge < -0.3 is 10.2 Å². The second-order valence-electron chi connectivity index (χ2n) is 5.71. The molecule has 1 heterocycles. The van der Waals surface area contributed by atoms with E-state index in [4.69, 9.17) is 0 Å². The van der Waals surface area contributed by atoms with Gasteiger partial charge in [-0.3, -0.25) is 13.9 Å². The minimum absolute atomic E-state index is 0.225. The molecule has 0 aliphatic carbocycles. The molecule has 0 saturated heterocycles. The van der Waals surface area contributed by atoms with Gasteiger partial charge in [0.2, 0.25) is 0 Å². The predicted octanol–water partition coefficient (Wildman–Crippen LogP) is 2.27. The summed E-state index contributed by atoms with van der Waals surface area (Å²) in [6.07, 6.45) is 5.38. The highest BCUT2D eigenvalue weighted by atomic mass is 16.2. The van der Waals surface area contributed by atoms with Gasteiger partial charge in [-0.15, -0.1) is 6.58 Å². The van der Waals surface area contributed by atoms with E-state index in [9.17, 15) is 9.59 Å². The number of unbranched alkanes of at least 4 members (excludes halogenated alkanes) is 2. The van der Waals surface area contributed by atoms with Crippen LogP contribution in [0.1, 0.15) is 39.5 Å². The topological polar surface area (TPSA) is 59.3 Å². The normalized spacial score (nSPS) is 10.6. The van der Waals surface area contributed by atoms with Gasteiger partial charge in [0.25, 0.3) is 5.56 Å². The molecule has 1 aromatic heterocycles. The summed E-state index contributed by atoms with van der Waals surface area (Å²) in [7, 11) is 3.59. The Kier molecular flexibility index (Phi) is 7.65. The van der Waals surface area contributed by atoms with E-state index in [-0.39, 0.29) is 11.2 Å². The molecule has 0 atom stereocenters. The van der Waals surface area contributed by atoms with Gasteiger partial charge in [0.05, 0.1) is 0 Å². The molecule has 23 heavy (non-hydrogen) atoms. The lowest BCUT2D eigenvalue weighted by atomic mass is 10.3. The molecule has 0 aliphatic heterocycles. The second-order valence-corrected chi connectivity index (χ2v) is 5.71. The second kappa shape index (κ2) is 9.22. The minimum Gasteiger partial charge on any atom is -0.373 e. The van der Waals surface area contributed by atoms with E-state index in [1.807, 2.05) is 18.9 Å². The van der Waals surface area contributed by atoms with Crippen molar-refractivity contribution in [1.29, 1.82) is 0 Å². The van der Waals surface area contributed by atoms with E-state index >= 15 is 0 Å². The van der Waals surface area contributed by atoms with Crippen LogP contribution in [0.3, 0.4) is 0 Å². The molecule has 0 unspecified atom stereocenters. The van der Waals surface area contributed by atoms with Gasteiger partial charge in [-0.05, 0) is 12.8 Å². The van der Waals surface area contributed by atoms with E-state index < -0.39 is 0 Å². The molecule has 0 fully saturated rings. The standard InChI is InChI=1S/C17H30N4O2/c1-6-9-12-20-15(18-4)14(19(5)11-8-3)16(22)21(17(20)23)13-10-7-2/h8,18H,3,6-7,9-13H2,1-2,4-5H3. The van der Waals surface area contributed by atoms with Crippen LogP contribution in [0.5, 0.6) is 0 Å². The third kappa shape index (κ3) is 4.27. The number of hydrogen-bond donors (Lipinski definition) is 1. The van der Waals surface area contributed by atoms with Crippen molar-refractivity contribution in [3.63, 3.8) is 0 Å². The smallest absolute Gasteiger partial charge is 0.332 e. The summed E-state index contributed by atoms with van der Waals surface area (Å²) in [5.74, 6) is 0.588. The maximum atomic E-state index is 12.9. The Balaban J connectivity index is 3.60. The largest absolute Gasteiger partial charge is 0.373 e. The quantitative estimate of drug-likeness (QED) is 0.671. The monoisotopic (exact) mass is 322 g/mol. The zero-order valence-electron chi connectivity index (χ0n) is 14.9. The van der Waals surface area contributed by atoms with Crippen molar-refractivity contribution < 1.29 is 0 Å². The van der Waals surface area contributed by atoms with Crippen molar-refractivity contribution in [2.24, 2.45) is 0 Å². The van der Waals surface area contributed by atoms with Gasteiger partial charge in [0, 0.05) is 33.7 Å². The predicted molar refractivity (Wildman–Crippen MR) is 97.8 cm³/mol. The molecular formula is C17H30N4O2. The number of nitrogens with zero attached hydrogens (tertiary/aromatic N) is 3. The molecule has 1 aromatic rings. The van der Waals surface area contributed by atoms with Crippen LogP contribution in [0.4, 0.5) is 11.5 Å². The van der Waals surface area contributed by atoms with Crippen LogP contribution in [0.25, 0.3) is 0 Å². The van der Waals surface area contributed by atoms with Crippen molar-refractivity contribution in [3.8, 4) is 0 Å². The van der Waals surface area contributed by atoms with Gasteiger partial charge >= 0.3 is 5.69 Å². The average molecular weight is 322 g/mol. The van der Waals surface area contributed by atoms with Gasteiger partial charge in [-0.2, -0.15) is 0 Å². The van der Waals surface area contributed by atoms with Crippen LogP contribution < -0.4 is 21.5 Å². The first-order chi connectivity index (χ1) is 11.0. The lowest BCUT2D eigenvalue weighted by Crippen LogP contribution is -2.44. The third-order valence-electron chi connectivity index (χ3n) is 3.90. The Morgan fingerprint density at radius 3 is 2.17 bits per heavy atom. The SMILES string of the molecule is C=CCN(C)c1c(NC)n(CCCC)c(=O)n(CCCC)c1=O. The highest BCUT2D eigenvalue weighted by Crippen LogP contribution is 2.19. The zero-order valence-corrected chi connectivity index (χ0v) is 14.9. The Morgan fingerprint density at radius 1 is 1.13 bits per heavy atom. The fourth-order valence-corrected chi connectivity index (χ4v) is 2.60. The summed E-state index contributed by atoms with van der Waals surface area (Å²) < 4.78 is 3.06. The van der Waals surface area contributed by atoms with Gasteiger partial charge in [-0.25, -0.2) is 4.79 Å². The van der Waals surface area contributed by atoms with Gasteiger partial charge in [-0.1, -0.05) is 32.8 Å². The Morgan fingerprint density at radius 2 is 1.70 bits per heavy atom. The van der Waals surface area contributed by atoms with Crippen LogP contribution in [0.15, 0.2) is 22.2 Å². The Labute approximate surface area is 138 Å². The zero-order chi connectivity index (χ0) is 17.4. The first kappa shape index (κ1) is 19.1. The van der Waals surface area contributed by atoms with E-state index in [2.05, 4.69) is 18.8 Å². The maximum Gasteiger partial charge on any atom is 0.332 e. The summed E-state index contributed by atoms with van der Waals surface area (Å²) >= 11 is 0. The number of nitrogens with one attached hydrogen (secondary N) is 1. The summed E-state index contributed by atoms with van der Waals surface area (Å²) in [5.41, 5.74) is 0.0705. The molecule has 0 spiro atoms. The molecule has 1 rings (SSSR count). The highest BCUT2D eigenvalue weighted by Gasteiger charge is 2.20. The molecule has 6 nitrogen and oxygen atoms in total. The number of anilines is 2. The van der Waals surface area contributed by atoms with E-state index in [0.29, 0.717) is 31.1 Å². The van der Waals surface area contributed by atoms with Crippen LogP contribution >= 0.6 is 0 Å². The Bertz CT molecular complexity index is 631. The molecule has 0 bridgehead atoms. The van der Waals surface area contributed by atoms with Crippen molar-refractivity contribution in [3.05, 3.63) is 33.5 Å². The summed E-state index contributed by atoms with van der Waals surface area (Å²) in [4.78, 5) is 27.5. The molecular weight excluding hydrogens is 292 g/mol. The maximum absolute atomic E-state index is 12.9. The van der Waals surface area contributed by atoms with Crippen molar-refractivity contribution in [2.45, 2.75) is 52.6 Å². The number of hydrogen-bond acceptors (Lipinski definition) is 4. The molecule has 0 radical (unpaired) electrons. The summed E-state index contributed by atoms with van der Waals surface area (Å²) in [6.45, 7) is 9.47. The van der Waals surface area contributed by atoms with Crippen molar-refractivity contribution in [2.75, 3.05) is 30.9 Å². The van der Waals surface area contributed by atoms with Crippen molar-refractivity contribution in [1.82, 2.24) is 9.13 Å². The van der Waals surface area contributed by atoms with E-state index in [1.165, 1.54) is 4.57 Å². The lowest BCUT2D eigenvalue weighted by molar-refractivity contribution is 0.521. The number of likely N-dealkylation sites (N-methyl/N-ethyl adjacent to an activating group) is 1. The summed E-state index contributed by atoms with van der Waals surface area (Å²) in [5, 5.41) is 3.05. The first-order valence-electron chi connectivity index (χ1n) is 8.40. The molecule has 130 valence electrons. The van der Waals surface area contributed by atoms with Crippen LogP contribution in [0, 0.1) is 0 Å². The Hall–Kier alpha value is -1.98. The highest BCUT2D eigenvalue weighted by molar-refractivity contribution is 5.65.